The molecule has 2 aliphatic heterocycles. The standard InChI is InChI=1S/C18H23FN2O3/c1-2-23-17(22)18(8-3-9-20-12-18)11-15-10-16(21-24-15)13-4-6-14(19)7-5-13/h4-7,15,20H,2-3,8-12H2,1H3/t15-,18-/m1/s1. The summed E-state index contributed by atoms with van der Waals surface area (Å²) in [5.41, 5.74) is 1.10. The lowest BCUT2D eigenvalue weighted by molar-refractivity contribution is -0.159. The van der Waals surface area contributed by atoms with Gasteiger partial charge in [0.25, 0.3) is 0 Å². The number of rotatable bonds is 5. The summed E-state index contributed by atoms with van der Waals surface area (Å²) < 4.78 is 18.3. The van der Waals surface area contributed by atoms with Crippen LogP contribution in [0.1, 0.15) is 38.2 Å². The van der Waals surface area contributed by atoms with Crippen LogP contribution in [0, 0.1) is 11.2 Å². The lowest BCUT2D eigenvalue weighted by Gasteiger charge is -2.36. The smallest absolute Gasteiger partial charge is 0.313 e. The largest absolute Gasteiger partial charge is 0.466 e. The first kappa shape index (κ1) is 16.9. The van der Waals surface area contributed by atoms with Crippen molar-refractivity contribution in [2.45, 2.75) is 38.7 Å². The highest BCUT2D eigenvalue weighted by molar-refractivity contribution is 6.01. The third-order valence-electron chi connectivity index (χ3n) is 4.71. The number of piperidine rings is 1. The van der Waals surface area contributed by atoms with Crippen LogP contribution in [-0.2, 0) is 14.4 Å². The summed E-state index contributed by atoms with van der Waals surface area (Å²) in [6.07, 6.45) is 2.77. The van der Waals surface area contributed by atoms with Gasteiger partial charge in [0, 0.05) is 19.4 Å². The molecule has 1 fully saturated rings. The molecule has 0 bridgehead atoms. The SMILES string of the molecule is CCOC(=O)[C@@]1(C[C@H]2CC(c3ccc(F)cc3)=NO2)CCCNC1. The average Bonchev–Trinajstić information content (AvgIpc) is 3.05. The second-order valence-corrected chi connectivity index (χ2v) is 6.46. The summed E-state index contributed by atoms with van der Waals surface area (Å²) in [5.74, 6) is -0.430. The predicted molar refractivity (Wildman–Crippen MR) is 88.2 cm³/mol. The topological polar surface area (TPSA) is 59.9 Å². The van der Waals surface area contributed by atoms with E-state index >= 15 is 0 Å². The fourth-order valence-electron chi connectivity index (χ4n) is 3.47. The van der Waals surface area contributed by atoms with E-state index in [2.05, 4.69) is 10.5 Å². The van der Waals surface area contributed by atoms with Crippen LogP contribution in [-0.4, -0.2) is 37.5 Å². The van der Waals surface area contributed by atoms with Crippen LogP contribution in [0.4, 0.5) is 4.39 Å². The average molecular weight is 334 g/mol. The first-order valence-electron chi connectivity index (χ1n) is 8.49. The zero-order valence-corrected chi connectivity index (χ0v) is 13.9. The third-order valence-corrected chi connectivity index (χ3v) is 4.71. The van der Waals surface area contributed by atoms with E-state index in [9.17, 15) is 9.18 Å². The second kappa shape index (κ2) is 7.30. The summed E-state index contributed by atoms with van der Waals surface area (Å²) in [4.78, 5) is 18.1. The molecule has 0 amide bonds. The molecule has 0 spiro atoms. The van der Waals surface area contributed by atoms with E-state index in [0.29, 0.717) is 26.0 Å². The van der Waals surface area contributed by atoms with Crippen molar-refractivity contribution in [3.63, 3.8) is 0 Å². The number of oxime groups is 1. The molecule has 0 aliphatic carbocycles. The third kappa shape index (κ3) is 3.59. The Bertz CT molecular complexity index is 609. The molecule has 1 saturated heterocycles. The molecule has 3 rings (SSSR count). The Morgan fingerprint density at radius 3 is 2.92 bits per heavy atom. The van der Waals surface area contributed by atoms with Crippen molar-refractivity contribution in [2.75, 3.05) is 19.7 Å². The van der Waals surface area contributed by atoms with E-state index in [1.165, 1.54) is 12.1 Å². The molecule has 1 N–H and O–H groups in total. The molecule has 24 heavy (non-hydrogen) atoms. The molecular weight excluding hydrogens is 311 g/mol. The minimum Gasteiger partial charge on any atom is -0.466 e. The van der Waals surface area contributed by atoms with Crippen LogP contribution in [0.3, 0.4) is 0 Å². The van der Waals surface area contributed by atoms with Crippen LogP contribution in [0.5, 0.6) is 0 Å². The number of nitrogens with zero attached hydrogens (tertiary/aromatic N) is 1. The van der Waals surface area contributed by atoms with Gasteiger partial charge < -0.3 is 14.9 Å². The van der Waals surface area contributed by atoms with Crippen molar-refractivity contribution in [3.05, 3.63) is 35.6 Å². The second-order valence-electron chi connectivity index (χ2n) is 6.46. The summed E-state index contributed by atoms with van der Waals surface area (Å²) >= 11 is 0. The number of hydrogen-bond donors (Lipinski definition) is 1. The van der Waals surface area contributed by atoms with Crippen LogP contribution >= 0.6 is 0 Å². The van der Waals surface area contributed by atoms with Gasteiger partial charge in [0.05, 0.1) is 17.7 Å². The van der Waals surface area contributed by atoms with Gasteiger partial charge in [0.15, 0.2) is 0 Å². The molecule has 0 aromatic heterocycles. The molecule has 6 heteroatoms. The minimum atomic E-state index is -0.549. The highest BCUT2D eigenvalue weighted by atomic mass is 19.1. The maximum Gasteiger partial charge on any atom is 0.313 e. The number of benzene rings is 1. The van der Waals surface area contributed by atoms with Gasteiger partial charge in [-0.2, -0.15) is 0 Å². The summed E-state index contributed by atoms with van der Waals surface area (Å²) in [6.45, 7) is 3.73. The van der Waals surface area contributed by atoms with Gasteiger partial charge in [0.1, 0.15) is 11.9 Å². The maximum absolute atomic E-state index is 13.0. The molecule has 0 saturated carbocycles. The molecular formula is C18H23FN2O3. The Morgan fingerprint density at radius 1 is 1.46 bits per heavy atom. The normalized spacial score (nSPS) is 26.6. The van der Waals surface area contributed by atoms with Gasteiger partial charge in [-0.25, -0.2) is 4.39 Å². The lowest BCUT2D eigenvalue weighted by atomic mass is 9.75. The van der Waals surface area contributed by atoms with Gasteiger partial charge in [-0.05, 0) is 44.0 Å². The number of carbonyl (C=O) groups excluding carboxylic acids is 1. The molecule has 1 aromatic rings. The number of halogens is 1. The van der Waals surface area contributed by atoms with Crippen molar-refractivity contribution in [3.8, 4) is 0 Å². The molecule has 1 aromatic carbocycles. The monoisotopic (exact) mass is 334 g/mol. The number of ether oxygens (including phenoxy) is 1. The molecule has 2 atom stereocenters. The quantitative estimate of drug-likeness (QED) is 0.841. The summed E-state index contributed by atoms with van der Waals surface area (Å²) in [6, 6.07) is 6.22. The van der Waals surface area contributed by atoms with E-state index in [-0.39, 0.29) is 17.9 Å². The molecule has 2 aliphatic rings. The van der Waals surface area contributed by atoms with Gasteiger partial charge in [-0.1, -0.05) is 17.3 Å². The number of esters is 1. The first-order chi connectivity index (χ1) is 11.6. The number of nitrogens with one attached hydrogen (secondary N) is 1. The first-order valence-corrected chi connectivity index (χ1v) is 8.49. The van der Waals surface area contributed by atoms with Crippen LogP contribution < -0.4 is 5.32 Å². The van der Waals surface area contributed by atoms with Gasteiger partial charge in [0.2, 0.25) is 0 Å². The van der Waals surface area contributed by atoms with Crippen molar-refractivity contribution < 1.29 is 18.8 Å². The van der Waals surface area contributed by atoms with Crippen molar-refractivity contribution >= 4 is 11.7 Å². The van der Waals surface area contributed by atoms with E-state index in [4.69, 9.17) is 9.57 Å². The van der Waals surface area contributed by atoms with Gasteiger partial charge >= 0.3 is 5.97 Å². The van der Waals surface area contributed by atoms with Gasteiger partial charge in [-0.3, -0.25) is 4.79 Å². The Hall–Kier alpha value is -1.95. The predicted octanol–water partition coefficient (Wildman–Crippen LogP) is 2.64. The Kier molecular flexibility index (Phi) is 5.14. The highest BCUT2D eigenvalue weighted by Gasteiger charge is 2.44. The molecule has 2 heterocycles. The van der Waals surface area contributed by atoms with Crippen molar-refractivity contribution in [1.29, 1.82) is 0 Å². The zero-order chi connectivity index (χ0) is 17.0. The summed E-state index contributed by atoms with van der Waals surface area (Å²) in [5, 5.41) is 7.44. The number of carbonyl (C=O) groups is 1. The molecule has 130 valence electrons. The molecule has 0 radical (unpaired) electrons. The van der Waals surface area contributed by atoms with E-state index in [1.807, 2.05) is 6.92 Å². The van der Waals surface area contributed by atoms with Crippen molar-refractivity contribution in [2.24, 2.45) is 10.6 Å². The minimum absolute atomic E-state index is 0.156. The highest BCUT2D eigenvalue weighted by Crippen LogP contribution is 2.36. The fraction of sp³-hybridized carbons (Fsp3) is 0.556. The zero-order valence-electron chi connectivity index (χ0n) is 13.9. The van der Waals surface area contributed by atoms with Gasteiger partial charge in [-0.15, -0.1) is 0 Å². The van der Waals surface area contributed by atoms with Crippen LogP contribution in [0.15, 0.2) is 29.4 Å². The Labute approximate surface area is 141 Å². The van der Waals surface area contributed by atoms with E-state index < -0.39 is 5.41 Å². The summed E-state index contributed by atoms with van der Waals surface area (Å²) in [7, 11) is 0. The Balaban J connectivity index is 1.66. The molecule has 0 unspecified atom stereocenters. The van der Waals surface area contributed by atoms with Crippen LogP contribution in [0.25, 0.3) is 0 Å². The van der Waals surface area contributed by atoms with E-state index in [0.717, 1.165) is 30.7 Å². The van der Waals surface area contributed by atoms with Crippen LogP contribution in [0.2, 0.25) is 0 Å². The lowest BCUT2D eigenvalue weighted by Crippen LogP contribution is -2.48. The Morgan fingerprint density at radius 2 is 2.25 bits per heavy atom. The molecule has 5 nitrogen and oxygen atoms in total. The number of hydrogen-bond acceptors (Lipinski definition) is 5. The maximum atomic E-state index is 13.0. The van der Waals surface area contributed by atoms with E-state index in [1.54, 1.807) is 12.1 Å². The fourth-order valence-corrected chi connectivity index (χ4v) is 3.47. The van der Waals surface area contributed by atoms with Crippen molar-refractivity contribution in [1.82, 2.24) is 5.32 Å².